The molecule has 0 radical (unpaired) electrons. The third-order valence-corrected chi connectivity index (χ3v) is 5.15. The summed E-state index contributed by atoms with van der Waals surface area (Å²) in [5.41, 5.74) is 3.27. The largest absolute Gasteiger partial charge is 0.198 e. The van der Waals surface area contributed by atoms with Gasteiger partial charge < -0.3 is 0 Å². The lowest BCUT2D eigenvalue weighted by Crippen LogP contribution is -2.43. The van der Waals surface area contributed by atoms with Crippen LogP contribution in [0.15, 0.2) is 24.3 Å². The number of aryl methyl sites for hydroxylation is 1. The average Bonchev–Trinajstić information content (AvgIpc) is 2.41. The van der Waals surface area contributed by atoms with Crippen LogP contribution in [0.4, 0.5) is 0 Å². The summed E-state index contributed by atoms with van der Waals surface area (Å²) in [7, 11) is 0. The van der Waals surface area contributed by atoms with Gasteiger partial charge in [-0.2, -0.15) is 5.26 Å². The highest BCUT2D eigenvalue weighted by Crippen LogP contribution is 2.57. The van der Waals surface area contributed by atoms with Gasteiger partial charge in [0.05, 0.1) is 11.5 Å². The number of benzene rings is 1. The Morgan fingerprint density at radius 1 is 0.941 bits per heavy atom. The predicted octanol–water partition coefficient (Wildman–Crippen LogP) is 4.11. The fourth-order valence-corrected chi connectivity index (χ4v) is 3.69. The first kappa shape index (κ1) is 10.8. The zero-order valence-electron chi connectivity index (χ0n) is 10.5. The first-order chi connectivity index (χ1) is 8.18. The molecule has 0 aliphatic heterocycles. The quantitative estimate of drug-likeness (QED) is 0.705. The van der Waals surface area contributed by atoms with Gasteiger partial charge in [-0.05, 0) is 56.4 Å². The number of hydrogen-bond acceptors (Lipinski definition) is 1. The normalized spacial score (nSPS) is 35.5. The zero-order valence-corrected chi connectivity index (χ0v) is 10.5. The molecule has 0 atom stereocenters. The van der Waals surface area contributed by atoms with Crippen LogP contribution in [0.1, 0.15) is 49.7 Å². The van der Waals surface area contributed by atoms with Crippen LogP contribution >= 0.6 is 0 Å². The minimum absolute atomic E-state index is 0.0342. The van der Waals surface area contributed by atoms with Crippen LogP contribution in [0.25, 0.3) is 0 Å². The molecular formula is C16H19N. The molecule has 1 aromatic carbocycles. The Bertz CT molecular complexity index is 439. The summed E-state index contributed by atoms with van der Waals surface area (Å²) in [5, 5.41) is 9.31. The Morgan fingerprint density at radius 2 is 1.47 bits per heavy atom. The van der Waals surface area contributed by atoms with E-state index in [0.717, 1.165) is 19.3 Å². The molecule has 1 aromatic rings. The summed E-state index contributed by atoms with van der Waals surface area (Å²) in [6.07, 6.45) is 6.96. The van der Waals surface area contributed by atoms with Gasteiger partial charge >= 0.3 is 0 Å². The van der Waals surface area contributed by atoms with Crippen LogP contribution in [-0.2, 0) is 5.41 Å². The van der Waals surface area contributed by atoms with E-state index in [9.17, 15) is 5.26 Å². The van der Waals surface area contributed by atoms with Gasteiger partial charge in [0.25, 0.3) is 0 Å². The lowest BCUT2D eigenvalue weighted by atomic mass is 9.52. The van der Waals surface area contributed by atoms with Crippen LogP contribution in [0, 0.1) is 23.7 Å². The molecule has 0 heterocycles. The third-order valence-electron chi connectivity index (χ3n) is 5.15. The standard InChI is InChI=1S/C16H19N/c1-13-2-4-14(5-3-13)16-9-6-15(12-17,7-10-16)8-11-16/h2-5H,6-11H2,1H3. The number of fused-ring (bicyclic) bond motifs is 3. The molecule has 3 fully saturated rings. The van der Waals surface area contributed by atoms with Crippen molar-refractivity contribution in [2.24, 2.45) is 5.41 Å². The van der Waals surface area contributed by atoms with Crippen LogP contribution in [0.2, 0.25) is 0 Å². The first-order valence-electron chi connectivity index (χ1n) is 6.67. The van der Waals surface area contributed by atoms with Crippen molar-refractivity contribution in [1.29, 1.82) is 5.26 Å². The fraction of sp³-hybridized carbons (Fsp3) is 0.562. The van der Waals surface area contributed by atoms with Crippen molar-refractivity contribution in [3.63, 3.8) is 0 Å². The average molecular weight is 225 g/mol. The van der Waals surface area contributed by atoms with E-state index >= 15 is 0 Å². The summed E-state index contributed by atoms with van der Waals surface area (Å²) in [4.78, 5) is 0. The summed E-state index contributed by atoms with van der Waals surface area (Å²) in [6, 6.07) is 11.6. The lowest BCUT2D eigenvalue weighted by molar-refractivity contribution is 0.0849. The van der Waals surface area contributed by atoms with Crippen LogP contribution in [0.5, 0.6) is 0 Å². The molecule has 1 nitrogen and oxygen atoms in total. The third kappa shape index (κ3) is 1.59. The van der Waals surface area contributed by atoms with E-state index in [1.807, 2.05) is 0 Å². The second-order valence-electron chi connectivity index (χ2n) is 6.04. The van der Waals surface area contributed by atoms with E-state index in [1.54, 1.807) is 0 Å². The number of nitriles is 1. The molecule has 0 N–H and O–H groups in total. The Kier molecular flexibility index (Phi) is 2.30. The van der Waals surface area contributed by atoms with Crippen molar-refractivity contribution in [2.75, 3.05) is 0 Å². The molecule has 88 valence electrons. The van der Waals surface area contributed by atoms with Gasteiger partial charge in [-0.25, -0.2) is 0 Å². The molecule has 2 bridgehead atoms. The van der Waals surface area contributed by atoms with Crippen molar-refractivity contribution in [1.82, 2.24) is 0 Å². The Labute approximate surface area is 103 Å². The van der Waals surface area contributed by atoms with E-state index in [2.05, 4.69) is 37.3 Å². The van der Waals surface area contributed by atoms with Crippen molar-refractivity contribution in [2.45, 2.75) is 50.9 Å². The van der Waals surface area contributed by atoms with E-state index in [-0.39, 0.29) is 5.41 Å². The molecule has 0 saturated heterocycles. The SMILES string of the molecule is Cc1ccc(C23CCC(C#N)(CC2)CC3)cc1. The van der Waals surface area contributed by atoms with E-state index in [0.29, 0.717) is 5.41 Å². The van der Waals surface area contributed by atoms with Gasteiger partial charge in [0.1, 0.15) is 0 Å². The molecular weight excluding hydrogens is 206 g/mol. The molecule has 4 rings (SSSR count). The van der Waals surface area contributed by atoms with Gasteiger partial charge in [-0.15, -0.1) is 0 Å². The minimum atomic E-state index is 0.0342. The Balaban J connectivity index is 1.91. The van der Waals surface area contributed by atoms with E-state index in [1.165, 1.54) is 30.4 Å². The molecule has 0 aromatic heterocycles. The predicted molar refractivity (Wildman–Crippen MR) is 68.6 cm³/mol. The van der Waals surface area contributed by atoms with Crippen LogP contribution < -0.4 is 0 Å². The Morgan fingerprint density at radius 3 is 1.94 bits per heavy atom. The van der Waals surface area contributed by atoms with Gasteiger partial charge in [-0.1, -0.05) is 29.8 Å². The fourth-order valence-electron chi connectivity index (χ4n) is 3.69. The van der Waals surface area contributed by atoms with Crippen molar-refractivity contribution in [3.8, 4) is 6.07 Å². The van der Waals surface area contributed by atoms with E-state index < -0.39 is 0 Å². The smallest absolute Gasteiger partial charge is 0.0689 e. The number of rotatable bonds is 1. The van der Waals surface area contributed by atoms with Gasteiger partial charge in [0.2, 0.25) is 0 Å². The van der Waals surface area contributed by atoms with Crippen molar-refractivity contribution < 1.29 is 0 Å². The van der Waals surface area contributed by atoms with Gasteiger partial charge in [0.15, 0.2) is 0 Å². The van der Waals surface area contributed by atoms with E-state index in [4.69, 9.17) is 0 Å². The molecule has 0 spiro atoms. The van der Waals surface area contributed by atoms with Crippen molar-refractivity contribution in [3.05, 3.63) is 35.4 Å². The molecule has 3 saturated carbocycles. The highest BCUT2D eigenvalue weighted by atomic mass is 14.5. The maximum absolute atomic E-state index is 9.31. The number of hydrogen-bond donors (Lipinski definition) is 0. The summed E-state index contributed by atoms with van der Waals surface area (Å²) >= 11 is 0. The minimum Gasteiger partial charge on any atom is -0.198 e. The second kappa shape index (κ2) is 3.60. The molecule has 0 amide bonds. The summed E-state index contributed by atoms with van der Waals surface area (Å²) in [6.45, 7) is 2.14. The zero-order chi connectivity index (χ0) is 11.9. The summed E-state index contributed by atoms with van der Waals surface area (Å²) < 4.78 is 0. The number of nitrogens with zero attached hydrogens (tertiary/aromatic N) is 1. The Hall–Kier alpha value is -1.29. The highest BCUT2D eigenvalue weighted by molar-refractivity contribution is 5.32. The topological polar surface area (TPSA) is 23.8 Å². The molecule has 3 aliphatic carbocycles. The molecule has 17 heavy (non-hydrogen) atoms. The van der Waals surface area contributed by atoms with Crippen LogP contribution in [-0.4, -0.2) is 0 Å². The second-order valence-corrected chi connectivity index (χ2v) is 6.04. The van der Waals surface area contributed by atoms with Gasteiger partial charge in [0, 0.05) is 0 Å². The molecule has 1 heteroatoms. The van der Waals surface area contributed by atoms with Gasteiger partial charge in [-0.3, -0.25) is 0 Å². The maximum atomic E-state index is 9.31. The molecule has 3 aliphatic rings. The molecule has 0 unspecified atom stereocenters. The summed E-state index contributed by atoms with van der Waals surface area (Å²) in [5.74, 6) is 0. The highest BCUT2D eigenvalue weighted by Gasteiger charge is 2.49. The first-order valence-corrected chi connectivity index (χ1v) is 6.67. The van der Waals surface area contributed by atoms with Crippen molar-refractivity contribution >= 4 is 0 Å². The maximum Gasteiger partial charge on any atom is 0.0689 e. The van der Waals surface area contributed by atoms with Crippen LogP contribution in [0.3, 0.4) is 0 Å². The lowest BCUT2D eigenvalue weighted by Gasteiger charge is -2.50. The monoisotopic (exact) mass is 225 g/mol.